The van der Waals surface area contributed by atoms with Crippen molar-refractivity contribution in [2.45, 2.75) is 38.1 Å². The summed E-state index contributed by atoms with van der Waals surface area (Å²) in [5.74, 6) is -2.32. The van der Waals surface area contributed by atoms with E-state index in [2.05, 4.69) is 5.10 Å². The molecule has 0 aromatic heterocycles. The van der Waals surface area contributed by atoms with Gasteiger partial charge in [0.15, 0.2) is 6.61 Å². The molecule has 1 saturated carbocycles. The number of rotatable bonds is 3. The first-order valence-corrected chi connectivity index (χ1v) is 9.07. The number of carbonyl (C=O) groups is 1. The van der Waals surface area contributed by atoms with Crippen molar-refractivity contribution in [2.24, 2.45) is 16.9 Å². The minimum atomic E-state index is -5.06. The standard InChI is InChI=1S/C17H17Cl2F3N2O3/c1-9-2-4-13-11(6-9)16(26,17(20,21)22)24(23-13)15(25)8-27-14-5-3-10(18)7-12(14)19/h3,5,7,9,11,26H,2,4,6,8H2,1H3/t9-,11+,16+/m1/s1. The lowest BCUT2D eigenvalue weighted by Gasteiger charge is -2.39. The molecule has 5 nitrogen and oxygen atoms in total. The SMILES string of the molecule is C[C@@H]1CCC2=NN(C(=O)COc3ccc(Cl)cc3Cl)[C@@](O)(C(F)(F)F)[C@H]2C1. The molecule has 0 spiro atoms. The minimum absolute atomic E-state index is 0.0120. The summed E-state index contributed by atoms with van der Waals surface area (Å²) < 4.78 is 46.4. The number of nitrogens with zero attached hydrogens (tertiary/aromatic N) is 2. The zero-order chi connectivity index (χ0) is 20.0. The number of fused-ring (bicyclic) bond motifs is 1. The Morgan fingerprint density at radius 1 is 1.44 bits per heavy atom. The molecule has 27 heavy (non-hydrogen) atoms. The molecular weight excluding hydrogens is 408 g/mol. The average molecular weight is 425 g/mol. The summed E-state index contributed by atoms with van der Waals surface area (Å²) in [4.78, 5) is 12.4. The summed E-state index contributed by atoms with van der Waals surface area (Å²) in [6.45, 7) is 1.04. The number of halogens is 5. The van der Waals surface area contributed by atoms with Gasteiger partial charge in [-0.15, -0.1) is 0 Å². The molecule has 1 heterocycles. The summed E-state index contributed by atoms with van der Waals surface area (Å²) in [5, 5.41) is 14.9. The Morgan fingerprint density at radius 2 is 2.15 bits per heavy atom. The fourth-order valence-electron chi connectivity index (χ4n) is 3.45. The van der Waals surface area contributed by atoms with Crippen molar-refractivity contribution >= 4 is 34.8 Å². The van der Waals surface area contributed by atoms with E-state index in [4.69, 9.17) is 27.9 Å². The molecule has 10 heteroatoms. The predicted molar refractivity (Wildman–Crippen MR) is 93.7 cm³/mol. The van der Waals surface area contributed by atoms with Crippen LogP contribution in [0.4, 0.5) is 13.2 Å². The van der Waals surface area contributed by atoms with Gasteiger partial charge in [-0.25, -0.2) is 0 Å². The van der Waals surface area contributed by atoms with Crippen LogP contribution in [0.3, 0.4) is 0 Å². The molecule has 3 rings (SSSR count). The topological polar surface area (TPSA) is 62.1 Å². The quantitative estimate of drug-likeness (QED) is 0.788. The Balaban J connectivity index is 1.82. The summed E-state index contributed by atoms with van der Waals surface area (Å²) in [6.07, 6.45) is -4.00. The molecule has 1 fully saturated rings. The second kappa shape index (κ2) is 7.14. The smallest absolute Gasteiger partial charge is 0.439 e. The molecular formula is C17H17Cl2F3N2O3. The highest BCUT2D eigenvalue weighted by Gasteiger charge is 2.68. The fraction of sp³-hybridized carbons (Fsp3) is 0.529. The first-order chi connectivity index (χ1) is 12.5. The van der Waals surface area contributed by atoms with Crippen molar-refractivity contribution in [3.05, 3.63) is 28.2 Å². The molecule has 2 aliphatic rings. The highest BCUT2D eigenvalue weighted by molar-refractivity contribution is 6.35. The van der Waals surface area contributed by atoms with E-state index in [1.165, 1.54) is 18.2 Å². The molecule has 1 aromatic rings. The van der Waals surface area contributed by atoms with Crippen LogP contribution in [0, 0.1) is 11.8 Å². The maximum atomic E-state index is 13.7. The number of hydrogen-bond donors (Lipinski definition) is 1. The molecule has 0 radical (unpaired) electrons. The zero-order valence-electron chi connectivity index (χ0n) is 14.3. The van der Waals surface area contributed by atoms with Crippen LogP contribution in [-0.2, 0) is 4.79 Å². The highest BCUT2D eigenvalue weighted by atomic mass is 35.5. The summed E-state index contributed by atoms with van der Waals surface area (Å²) in [6, 6.07) is 4.23. The molecule has 0 bridgehead atoms. The minimum Gasteiger partial charge on any atom is -0.482 e. The Kier molecular flexibility index (Phi) is 5.35. The molecule has 1 aliphatic carbocycles. The van der Waals surface area contributed by atoms with Crippen LogP contribution in [-0.4, -0.2) is 40.2 Å². The Labute approximate surface area is 163 Å². The van der Waals surface area contributed by atoms with E-state index < -0.39 is 30.3 Å². The second-order valence-corrected chi connectivity index (χ2v) is 7.66. The van der Waals surface area contributed by atoms with Gasteiger partial charge in [0.2, 0.25) is 0 Å². The van der Waals surface area contributed by atoms with E-state index in [-0.39, 0.29) is 33.8 Å². The van der Waals surface area contributed by atoms with Crippen LogP contribution in [0.5, 0.6) is 5.75 Å². The number of benzene rings is 1. The van der Waals surface area contributed by atoms with Crippen molar-refractivity contribution in [1.82, 2.24) is 5.01 Å². The van der Waals surface area contributed by atoms with Crippen molar-refractivity contribution in [3.8, 4) is 5.75 Å². The van der Waals surface area contributed by atoms with Gasteiger partial charge in [-0.05, 0) is 43.4 Å². The van der Waals surface area contributed by atoms with E-state index in [0.717, 1.165) is 0 Å². The first kappa shape index (κ1) is 20.2. The van der Waals surface area contributed by atoms with Gasteiger partial charge in [-0.2, -0.15) is 23.3 Å². The third-order valence-corrected chi connectivity index (χ3v) is 5.40. The first-order valence-electron chi connectivity index (χ1n) is 8.31. The number of carbonyl (C=O) groups excluding carboxylic acids is 1. The van der Waals surface area contributed by atoms with E-state index in [1.54, 1.807) is 0 Å². The van der Waals surface area contributed by atoms with Gasteiger partial charge in [-0.1, -0.05) is 30.1 Å². The van der Waals surface area contributed by atoms with Gasteiger partial charge < -0.3 is 9.84 Å². The number of hydrazone groups is 1. The van der Waals surface area contributed by atoms with Gasteiger partial charge in [-0.3, -0.25) is 4.79 Å². The van der Waals surface area contributed by atoms with Gasteiger partial charge in [0, 0.05) is 10.7 Å². The predicted octanol–water partition coefficient (Wildman–Crippen LogP) is 4.26. The number of alkyl halides is 3. The molecule has 3 atom stereocenters. The molecule has 1 amide bonds. The molecule has 1 N–H and O–H groups in total. The van der Waals surface area contributed by atoms with E-state index in [1.807, 2.05) is 6.92 Å². The molecule has 0 saturated heterocycles. The lowest BCUT2D eigenvalue weighted by molar-refractivity contribution is -0.318. The van der Waals surface area contributed by atoms with Crippen molar-refractivity contribution in [2.75, 3.05) is 6.61 Å². The van der Waals surface area contributed by atoms with Gasteiger partial charge in [0.1, 0.15) is 5.75 Å². The second-order valence-electron chi connectivity index (χ2n) is 6.82. The number of aliphatic hydroxyl groups is 1. The van der Waals surface area contributed by atoms with Gasteiger partial charge in [0.25, 0.3) is 11.6 Å². The summed E-state index contributed by atoms with van der Waals surface area (Å²) in [5.41, 5.74) is -3.19. The van der Waals surface area contributed by atoms with E-state index >= 15 is 0 Å². The maximum absolute atomic E-state index is 13.7. The zero-order valence-corrected chi connectivity index (χ0v) is 15.8. The summed E-state index contributed by atoms with van der Waals surface area (Å²) in [7, 11) is 0. The van der Waals surface area contributed by atoms with Crippen LogP contribution in [0.1, 0.15) is 26.2 Å². The fourth-order valence-corrected chi connectivity index (χ4v) is 3.91. The number of hydrogen-bond acceptors (Lipinski definition) is 4. The van der Waals surface area contributed by atoms with E-state index in [9.17, 15) is 23.1 Å². The normalized spacial score (nSPS) is 28.0. The molecule has 0 unspecified atom stereocenters. The van der Waals surface area contributed by atoms with Crippen LogP contribution in [0.25, 0.3) is 0 Å². The van der Waals surface area contributed by atoms with E-state index in [0.29, 0.717) is 17.9 Å². The average Bonchev–Trinajstić information content (AvgIpc) is 2.87. The highest BCUT2D eigenvalue weighted by Crippen LogP contribution is 2.49. The summed E-state index contributed by atoms with van der Waals surface area (Å²) >= 11 is 11.7. The molecule has 1 aromatic carbocycles. The third-order valence-electron chi connectivity index (χ3n) is 4.87. The molecule has 148 valence electrons. The number of ether oxygens (including phenoxy) is 1. The van der Waals surface area contributed by atoms with Crippen LogP contribution < -0.4 is 4.74 Å². The van der Waals surface area contributed by atoms with Gasteiger partial charge >= 0.3 is 6.18 Å². The Bertz CT molecular complexity index is 787. The molecule has 1 aliphatic heterocycles. The van der Waals surface area contributed by atoms with Crippen molar-refractivity contribution in [3.63, 3.8) is 0 Å². The van der Waals surface area contributed by atoms with Crippen LogP contribution in [0.15, 0.2) is 23.3 Å². The van der Waals surface area contributed by atoms with Gasteiger partial charge in [0.05, 0.1) is 10.9 Å². The maximum Gasteiger partial charge on any atom is 0.439 e. The lowest BCUT2D eigenvalue weighted by Crippen LogP contribution is -2.62. The van der Waals surface area contributed by atoms with Crippen LogP contribution >= 0.6 is 23.2 Å². The van der Waals surface area contributed by atoms with Crippen molar-refractivity contribution < 1.29 is 27.8 Å². The van der Waals surface area contributed by atoms with Crippen molar-refractivity contribution in [1.29, 1.82) is 0 Å². The number of amides is 1. The Hall–Kier alpha value is -1.51. The largest absolute Gasteiger partial charge is 0.482 e. The Morgan fingerprint density at radius 3 is 2.78 bits per heavy atom. The lowest BCUT2D eigenvalue weighted by atomic mass is 9.76. The monoisotopic (exact) mass is 424 g/mol. The van der Waals surface area contributed by atoms with Crippen LogP contribution in [0.2, 0.25) is 10.0 Å². The third kappa shape index (κ3) is 3.62.